The van der Waals surface area contributed by atoms with Gasteiger partial charge >= 0.3 is 18.1 Å². The van der Waals surface area contributed by atoms with Crippen molar-refractivity contribution >= 4 is 18.1 Å². The zero-order chi connectivity index (χ0) is 20.4. The molecule has 0 saturated carbocycles. The highest BCUT2D eigenvalue weighted by Gasteiger charge is 2.19. The van der Waals surface area contributed by atoms with E-state index >= 15 is 0 Å². The van der Waals surface area contributed by atoms with Crippen LogP contribution in [0.3, 0.4) is 0 Å². The molecule has 0 bridgehead atoms. The average Bonchev–Trinajstić information content (AvgIpc) is 2.62. The summed E-state index contributed by atoms with van der Waals surface area (Å²) in [6.07, 6.45) is 4.53. The second-order valence-corrected chi connectivity index (χ2v) is 6.04. The van der Waals surface area contributed by atoms with Crippen molar-refractivity contribution in [1.82, 2.24) is 0 Å². The quantitative estimate of drug-likeness (QED) is 0.304. The molecule has 8 heteroatoms. The van der Waals surface area contributed by atoms with Gasteiger partial charge in [-0.15, -0.1) is 0 Å². The van der Waals surface area contributed by atoms with Crippen LogP contribution in [0.5, 0.6) is 0 Å². The average molecular weight is 374 g/mol. The Labute approximate surface area is 154 Å². The first-order valence-electron chi connectivity index (χ1n) is 8.23. The van der Waals surface area contributed by atoms with Gasteiger partial charge in [0.2, 0.25) is 0 Å². The lowest BCUT2D eigenvalue weighted by Gasteiger charge is -2.20. The molecule has 0 saturated heterocycles. The van der Waals surface area contributed by atoms with Crippen LogP contribution in [0.4, 0.5) is 4.79 Å². The molecule has 0 amide bonds. The van der Waals surface area contributed by atoms with E-state index < -0.39 is 23.5 Å². The fourth-order valence-electron chi connectivity index (χ4n) is 1.29. The molecule has 0 aliphatic carbocycles. The van der Waals surface area contributed by atoms with E-state index in [-0.39, 0.29) is 13.2 Å². The lowest BCUT2D eigenvalue weighted by molar-refractivity contribution is -0.138. The third-order valence-electron chi connectivity index (χ3n) is 2.85. The highest BCUT2D eigenvalue weighted by molar-refractivity contribution is 5.81. The van der Waals surface area contributed by atoms with E-state index in [0.717, 1.165) is 37.8 Å². The van der Waals surface area contributed by atoms with E-state index in [1.807, 2.05) is 0 Å². The lowest BCUT2D eigenvalue weighted by Crippen LogP contribution is -2.25. The maximum absolute atomic E-state index is 11.3. The van der Waals surface area contributed by atoms with E-state index in [1.165, 1.54) is 0 Å². The van der Waals surface area contributed by atoms with Crippen LogP contribution in [-0.4, -0.2) is 54.7 Å². The predicted molar refractivity (Wildman–Crippen MR) is 95.6 cm³/mol. The Balaban J connectivity index is 0. The molecule has 8 nitrogen and oxygen atoms in total. The topological polar surface area (TPSA) is 119 Å². The number of carboxylic acids is 1. The normalized spacial score (nSPS) is 9.96. The fraction of sp³-hybridized carbons (Fsp3) is 0.611. The molecular formula is C18H30O8. The Kier molecular flexibility index (Phi) is 16.1. The van der Waals surface area contributed by atoms with E-state index in [0.29, 0.717) is 13.2 Å². The first-order chi connectivity index (χ1) is 12.2. The molecule has 0 aromatic carbocycles. The number of unbranched alkanes of at least 4 members (excludes halogenated alkanes) is 3. The second kappa shape index (κ2) is 16.1. The minimum absolute atomic E-state index is 0.0588. The SMILES string of the molecule is C=CC(=O)O.C=CC(=O)OCCCCCCOC(=O)OCC(C)(C)CO. The highest BCUT2D eigenvalue weighted by atomic mass is 16.7. The van der Waals surface area contributed by atoms with Crippen molar-refractivity contribution in [2.45, 2.75) is 39.5 Å². The van der Waals surface area contributed by atoms with Crippen LogP contribution in [0, 0.1) is 5.41 Å². The van der Waals surface area contributed by atoms with Crippen LogP contribution in [0.2, 0.25) is 0 Å². The molecule has 0 atom stereocenters. The van der Waals surface area contributed by atoms with Gasteiger partial charge in [0.1, 0.15) is 6.61 Å². The minimum Gasteiger partial charge on any atom is -0.478 e. The Hall–Kier alpha value is -2.35. The van der Waals surface area contributed by atoms with Gasteiger partial charge in [0.05, 0.1) is 19.8 Å². The van der Waals surface area contributed by atoms with Crippen LogP contribution < -0.4 is 0 Å². The molecule has 0 rings (SSSR count). The summed E-state index contributed by atoms with van der Waals surface area (Å²) in [5.41, 5.74) is -0.456. The van der Waals surface area contributed by atoms with Crippen molar-refractivity contribution in [3.8, 4) is 0 Å². The number of ether oxygens (including phenoxy) is 3. The summed E-state index contributed by atoms with van der Waals surface area (Å²) in [4.78, 5) is 31.3. The number of carbonyl (C=O) groups is 3. The molecule has 0 radical (unpaired) electrons. The number of aliphatic hydroxyl groups excluding tert-OH is 1. The van der Waals surface area contributed by atoms with Crippen molar-refractivity contribution in [3.05, 3.63) is 25.3 Å². The molecule has 150 valence electrons. The van der Waals surface area contributed by atoms with Crippen molar-refractivity contribution in [2.24, 2.45) is 5.41 Å². The van der Waals surface area contributed by atoms with Gasteiger partial charge in [-0.1, -0.05) is 27.0 Å². The molecule has 0 aromatic heterocycles. The van der Waals surface area contributed by atoms with Gasteiger partial charge in [-0.25, -0.2) is 14.4 Å². The molecule has 0 fully saturated rings. The molecular weight excluding hydrogens is 344 g/mol. The molecule has 0 aliphatic rings. The largest absolute Gasteiger partial charge is 0.508 e. The monoisotopic (exact) mass is 374 g/mol. The number of carbonyl (C=O) groups excluding carboxylic acids is 2. The number of aliphatic carboxylic acids is 1. The van der Waals surface area contributed by atoms with Gasteiger partial charge in [-0.3, -0.25) is 0 Å². The van der Waals surface area contributed by atoms with Gasteiger partial charge in [-0.05, 0) is 25.7 Å². The van der Waals surface area contributed by atoms with E-state index in [1.54, 1.807) is 13.8 Å². The molecule has 0 aromatic rings. The molecule has 0 heterocycles. The molecule has 2 N–H and O–H groups in total. The zero-order valence-corrected chi connectivity index (χ0v) is 15.6. The summed E-state index contributed by atoms with van der Waals surface area (Å²) in [7, 11) is 0. The van der Waals surface area contributed by atoms with Gasteiger partial charge in [0, 0.05) is 17.6 Å². The van der Waals surface area contributed by atoms with Crippen molar-refractivity contribution in [2.75, 3.05) is 26.4 Å². The molecule has 26 heavy (non-hydrogen) atoms. The van der Waals surface area contributed by atoms with E-state index in [9.17, 15) is 14.4 Å². The number of esters is 1. The summed E-state index contributed by atoms with van der Waals surface area (Å²) in [6, 6.07) is 0. The Morgan fingerprint density at radius 1 is 0.923 bits per heavy atom. The van der Waals surface area contributed by atoms with Gasteiger partial charge in [0.25, 0.3) is 0 Å². The number of aliphatic hydroxyl groups is 1. The summed E-state index contributed by atoms with van der Waals surface area (Å²) in [6.45, 7) is 10.6. The predicted octanol–water partition coefficient (Wildman–Crippen LogP) is 2.70. The third-order valence-corrected chi connectivity index (χ3v) is 2.85. The zero-order valence-electron chi connectivity index (χ0n) is 15.6. The summed E-state index contributed by atoms with van der Waals surface area (Å²) in [5, 5.41) is 16.6. The Morgan fingerprint density at radius 2 is 1.42 bits per heavy atom. The molecule has 0 spiro atoms. The third kappa shape index (κ3) is 19.7. The summed E-state index contributed by atoms with van der Waals surface area (Å²) < 4.78 is 14.6. The standard InChI is InChI=1S/C15H26O6.C3H4O2/c1-4-13(17)19-9-7-5-6-8-10-20-14(18)21-12-15(2,3)11-16;1-2-3(4)5/h4,16H,1,5-12H2,2-3H3;2H,1H2,(H,4,5). The number of hydrogen-bond acceptors (Lipinski definition) is 7. The molecule has 0 unspecified atom stereocenters. The van der Waals surface area contributed by atoms with Crippen molar-refractivity contribution < 1.29 is 38.8 Å². The van der Waals surface area contributed by atoms with E-state index in [4.69, 9.17) is 24.4 Å². The van der Waals surface area contributed by atoms with Gasteiger partial charge in [-0.2, -0.15) is 0 Å². The van der Waals surface area contributed by atoms with Gasteiger partial charge < -0.3 is 24.4 Å². The van der Waals surface area contributed by atoms with Crippen molar-refractivity contribution in [1.29, 1.82) is 0 Å². The smallest absolute Gasteiger partial charge is 0.478 e. The summed E-state index contributed by atoms with van der Waals surface area (Å²) >= 11 is 0. The summed E-state index contributed by atoms with van der Waals surface area (Å²) in [5.74, 6) is -1.39. The van der Waals surface area contributed by atoms with Crippen LogP contribution in [0.1, 0.15) is 39.5 Å². The maximum Gasteiger partial charge on any atom is 0.508 e. The number of rotatable bonds is 12. The lowest BCUT2D eigenvalue weighted by atomic mass is 9.97. The van der Waals surface area contributed by atoms with Crippen molar-refractivity contribution in [3.63, 3.8) is 0 Å². The second-order valence-electron chi connectivity index (χ2n) is 6.04. The van der Waals surface area contributed by atoms with Crippen LogP contribution in [0.25, 0.3) is 0 Å². The Bertz CT molecular complexity index is 442. The van der Waals surface area contributed by atoms with Crippen LogP contribution in [-0.2, 0) is 23.8 Å². The fourth-order valence-corrected chi connectivity index (χ4v) is 1.29. The first-order valence-corrected chi connectivity index (χ1v) is 8.23. The van der Waals surface area contributed by atoms with E-state index in [2.05, 4.69) is 13.2 Å². The maximum atomic E-state index is 11.3. The number of carboxylic acid groups (broad SMARTS) is 1. The molecule has 0 aliphatic heterocycles. The Morgan fingerprint density at radius 3 is 1.85 bits per heavy atom. The number of hydrogen-bond donors (Lipinski definition) is 2. The van der Waals surface area contributed by atoms with Gasteiger partial charge in [0.15, 0.2) is 0 Å². The highest BCUT2D eigenvalue weighted by Crippen LogP contribution is 2.14. The first kappa shape index (κ1) is 25.9. The minimum atomic E-state index is -0.981. The van der Waals surface area contributed by atoms with Crippen LogP contribution in [0.15, 0.2) is 25.3 Å². The van der Waals surface area contributed by atoms with Crippen LogP contribution >= 0.6 is 0 Å².